The van der Waals surface area contributed by atoms with Crippen LogP contribution in [0.5, 0.6) is 5.75 Å². The second-order valence-electron chi connectivity index (χ2n) is 8.32. The van der Waals surface area contributed by atoms with Crippen LogP contribution in [0.4, 0.5) is 0 Å². The Bertz CT molecular complexity index is 672. The molecule has 2 unspecified atom stereocenters. The average molecular weight is 348 g/mol. The number of carbonyl (C=O) groups excluding carboxylic acids is 1. The molecule has 0 spiro atoms. The summed E-state index contributed by atoms with van der Waals surface area (Å²) >= 11 is 0. The summed E-state index contributed by atoms with van der Waals surface area (Å²) in [5.74, 6) is 2.30. The molecule has 0 radical (unpaired) electrons. The van der Waals surface area contributed by atoms with Gasteiger partial charge in [0, 0.05) is 30.8 Å². The van der Waals surface area contributed by atoms with Crippen molar-refractivity contribution in [1.29, 1.82) is 0 Å². The van der Waals surface area contributed by atoms with Gasteiger partial charge < -0.3 is 5.11 Å². The van der Waals surface area contributed by atoms with E-state index in [1.807, 2.05) is 12.1 Å². The lowest BCUT2D eigenvalue weighted by molar-refractivity contribution is -0.127. The molecule has 1 saturated heterocycles. The third kappa shape index (κ3) is 2.40. The van der Waals surface area contributed by atoms with Gasteiger partial charge in [-0.2, -0.15) is 0 Å². The van der Waals surface area contributed by atoms with Gasteiger partial charge in [-0.3, -0.25) is 9.69 Å². The van der Waals surface area contributed by atoms with Crippen molar-refractivity contribution in [2.45, 2.75) is 56.4 Å². The molecule has 130 valence electrons. The Morgan fingerprint density at radius 1 is 1.25 bits per heavy atom. The Balaban J connectivity index is 0.00000146. The lowest BCUT2D eigenvalue weighted by Crippen LogP contribution is -2.62. The van der Waals surface area contributed by atoms with Crippen LogP contribution in [0.15, 0.2) is 18.2 Å². The zero-order valence-electron chi connectivity index (χ0n) is 14.0. The van der Waals surface area contributed by atoms with Crippen LogP contribution in [-0.4, -0.2) is 34.9 Å². The molecule has 1 aliphatic heterocycles. The fourth-order valence-corrected chi connectivity index (χ4v) is 5.75. The maximum atomic E-state index is 12.3. The smallest absolute Gasteiger partial charge is 0.133 e. The number of hydrogen-bond donors (Lipinski definition) is 1. The normalized spacial score (nSPS) is 34.9. The number of hydrogen-bond acceptors (Lipinski definition) is 3. The van der Waals surface area contributed by atoms with E-state index >= 15 is 0 Å². The first-order valence-corrected chi connectivity index (χ1v) is 9.24. The van der Waals surface area contributed by atoms with Crippen molar-refractivity contribution in [1.82, 2.24) is 4.90 Å². The van der Waals surface area contributed by atoms with Crippen LogP contribution in [0.2, 0.25) is 0 Å². The van der Waals surface area contributed by atoms with Crippen LogP contribution >= 0.6 is 12.4 Å². The summed E-state index contributed by atoms with van der Waals surface area (Å²) in [7, 11) is 0. The van der Waals surface area contributed by atoms with Gasteiger partial charge in [0.25, 0.3) is 0 Å². The number of rotatable bonds is 2. The number of aromatic hydroxyl groups is 1. The summed E-state index contributed by atoms with van der Waals surface area (Å²) < 4.78 is 0. The summed E-state index contributed by atoms with van der Waals surface area (Å²) in [6, 6.07) is 6.50. The summed E-state index contributed by atoms with van der Waals surface area (Å²) in [5, 5.41) is 10.0. The molecule has 0 aromatic heterocycles. The maximum Gasteiger partial charge on any atom is 0.133 e. The fraction of sp³-hybridized carbons (Fsp3) is 0.650. The maximum absolute atomic E-state index is 12.3. The van der Waals surface area contributed by atoms with Crippen molar-refractivity contribution in [2.75, 3.05) is 13.1 Å². The van der Waals surface area contributed by atoms with Crippen molar-refractivity contribution in [2.24, 2.45) is 11.8 Å². The largest absolute Gasteiger partial charge is 0.508 e. The van der Waals surface area contributed by atoms with E-state index in [2.05, 4.69) is 11.0 Å². The van der Waals surface area contributed by atoms with E-state index in [1.54, 1.807) is 0 Å². The number of piperidine rings is 1. The first-order chi connectivity index (χ1) is 11.2. The number of Topliss-reactive ketones (excluding diaryl/α,β-unsaturated/α-hetero) is 1. The predicted molar refractivity (Wildman–Crippen MR) is 95.8 cm³/mol. The number of fused-ring (bicyclic) bond motifs is 1. The van der Waals surface area contributed by atoms with Crippen LogP contribution in [-0.2, 0) is 16.6 Å². The minimum atomic E-state index is 0. The van der Waals surface area contributed by atoms with Crippen molar-refractivity contribution < 1.29 is 9.90 Å². The van der Waals surface area contributed by atoms with Crippen molar-refractivity contribution >= 4 is 18.2 Å². The molecule has 4 aliphatic rings. The van der Waals surface area contributed by atoms with Gasteiger partial charge in [0.15, 0.2) is 0 Å². The number of phenolic OH excluding ortho intramolecular Hbond substituents is 1. The number of benzene rings is 1. The van der Waals surface area contributed by atoms with Gasteiger partial charge in [-0.15, -0.1) is 12.4 Å². The van der Waals surface area contributed by atoms with E-state index in [4.69, 9.17) is 0 Å². The number of halogens is 1. The summed E-state index contributed by atoms with van der Waals surface area (Å²) in [5.41, 5.74) is 2.67. The molecule has 1 N–H and O–H groups in total. The average Bonchev–Trinajstić information content (AvgIpc) is 3.34. The molecule has 2 saturated carbocycles. The molecule has 1 aromatic rings. The zero-order chi connectivity index (χ0) is 15.6. The minimum Gasteiger partial charge on any atom is -0.508 e. The highest BCUT2D eigenvalue weighted by molar-refractivity contribution is 5.85. The standard InChI is InChI=1S/C20H25NO2.ClH/c22-15-4-3-14-9-19-17-6-5-16(23)11-20(17,18(14)10-15)7-8-21(19)12-13-1-2-13;/h3-4,10,13,17,19,22H,1-2,5-9,11-12H2;1H/t17-,19?,20?;/m1./s1. The molecule has 24 heavy (non-hydrogen) atoms. The van der Waals surface area contributed by atoms with Crippen LogP contribution in [0.1, 0.15) is 49.7 Å². The third-order valence-electron chi connectivity index (χ3n) is 6.98. The molecule has 3 aliphatic carbocycles. The number of nitrogens with zero attached hydrogens (tertiary/aromatic N) is 1. The third-order valence-corrected chi connectivity index (χ3v) is 6.98. The van der Waals surface area contributed by atoms with Gasteiger partial charge in [0.1, 0.15) is 11.5 Å². The van der Waals surface area contributed by atoms with Crippen molar-refractivity contribution in [3.63, 3.8) is 0 Å². The molecule has 4 heteroatoms. The van der Waals surface area contributed by atoms with Gasteiger partial charge in [0.2, 0.25) is 0 Å². The summed E-state index contributed by atoms with van der Waals surface area (Å²) in [6.07, 6.45) is 7.49. The highest BCUT2D eigenvalue weighted by atomic mass is 35.5. The molecule has 5 rings (SSSR count). The van der Waals surface area contributed by atoms with Gasteiger partial charge in [0.05, 0.1) is 0 Å². The van der Waals surface area contributed by atoms with E-state index in [-0.39, 0.29) is 17.8 Å². The molecule has 2 bridgehead atoms. The SMILES string of the molecule is Cl.O=C1CC[C@@H]2C3Cc4ccc(O)cc4C2(CCN3CC2CC2)C1. The number of carbonyl (C=O) groups is 1. The number of phenols is 1. The molecular formula is C20H26ClNO2. The Morgan fingerprint density at radius 2 is 2.08 bits per heavy atom. The summed E-state index contributed by atoms with van der Waals surface area (Å²) in [4.78, 5) is 15.0. The molecule has 1 heterocycles. The number of likely N-dealkylation sites (tertiary alicyclic amines) is 1. The fourth-order valence-electron chi connectivity index (χ4n) is 5.75. The number of ketones is 1. The van der Waals surface area contributed by atoms with Crippen LogP contribution in [0, 0.1) is 11.8 Å². The van der Waals surface area contributed by atoms with E-state index in [0.717, 1.165) is 38.1 Å². The van der Waals surface area contributed by atoms with Crippen molar-refractivity contribution in [3.05, 3.63) is 29.3 Å². The quantitative estimate of drug-likeness (QED) is 0.890. The highest BCUT2D eigenvalue weighted by Crippen LogP contribution is 2.55. The van der Waals surface area contributed by atoms with Gasteiger partial charge in [-0.05, 0) is 73.7 Å². The molecular weight excluding hydrogens is 322 g/mol. The molecule has 3 fully saturated rings. The Hall–Kier alpha value is -1.06. The first kappa shape index (κ1) is 16.4. The second kappa shape index (κ2) is 5.74. The van der Waals surface area contributed by atoms with E-state index in [0.29, 0.717) is 29.9 Å². The van der Waals surface area contributed by atoms with Crippen LogP contribution in [0.3, 0.4) is 0 Å². The second-order valence-corrected chi connectivity index (χ2v) is 8.32. The predicted octanol–water partition coefficient (Wildman–Crippen LogP) is 3.46. The monoisotopic (exact) mass is 347 g/mol. The van der Waals surface area contributed by atoms with Gasteiger partial charge >= 0.3 is 0 Å². The van der Waals surface area contributed by atoms with Gasteiger partial charge in [-0.25, -0.2) is 0 Å². The molecule has 0 amide bonds. The first-order valence-electron chi connectivity index (χ1n) is 9.24. The lowest BCUT2D eigenvalue weighted by Gasteiger charge is -2.58. The summed E-state index contributed by atoms with van der Waals surface area (Å²) in [6.45, 7) is 2.39. The van der Waals surface area contributed by atoms with Crippen molar-refractivity contribution in [3.8, 4) is 5.75 Å². The Morgan fingerprint density at radius 3 is 2.88 bits per heavy atom. The van der Waals surface area contributed by atoms with Crippen LogP contribution in [0.25, 0.3) is 0 Å². The Labute approximate surface area is 149 Å². The Kier molecular flexibility index (Phi) is 3.92. The van der Waals surface area contributed by atoms with Gasteiger partial charge in [-0.1, -0.05) is 6.07 Å². The zero-order valence-corrected chi connectivity index (χ0v) is 14.9. The molecule has 3 nitrogen and oxygen atoms in total. The molecule has 1 aromatic carbocycles. The minimum absolute atomic E-state index is 0. The lowest BCUT2D eigenvalue weighted by atomic mass is 9.52. The molecule has 3 atom stereocenters. The van der Waals surface area contributed by atoms with E-state index in [1.165, 1.54) is 30.5 Å². The topological polar surface area (TPSA) is 40.5 Å². The highest BCUT2D eigenvalue weighted by Gasteiger charge is 2.55. The van der Waals surface area contributed by atoms with Crippen LogP contribution < -0.4 is 0 Å². The van der Waals surface area contributed by atoms with E-state index < -0.39 is 0 Å². The van der Waals surface area contributed by atoms with E-state index in [9.17, 15) is 9.90 Å².